The van der Waals surface area contributed by atoms with Crippen LogP contribution in [-0.2, 0) is 10.0 Å². The highest BCUT2D eigenvalue weighted by Crippen LogP contribution is 2.20. The molecule has 0 aromatic heterocycles. The molecule has 150 valence electrons. The zero-order valence-electron chi connectivity index (χ0n) is 16.4. The van der Waals surface area contributed by atoms with Crippen LogP contribution in [0.2, 0.25) is 0 Å². The van der Waals surface area contributed by atoms with Crippen LogP contribution in [0.3, 0.4) is 0 Å². The average molecular weight is 410 g/mol. The summed E-state index contributed by atoms with van der Waals surface area (Å²) in [7, 11) is -2.13. The average Bonchev–Trinajstić information content (AvgIpc) is 2.70. The molecule has 0 spiro atoms. The predicted molar refractivity (Wildman–Crippen MR) is 114 cm³/mol. The van der Waals surface area contributed by atoms with E-state index in [1.807, 2.05) is 13.8 Å². The number of amides is 1. The third kappa shape index (κ3) is 4.94. The predicted octanol–water partition coefficient (Wildman–Crippen LogP) is 4.37. The number of anilines is 2. The monoisotopic (exact) mass is 410 g/mol. The molecule has 6 nitrogen and oxygen atoms in total. The highest BCUT2D eigenvalue weighted by atomic mass is 32.2. The van der Waals surface area contributed by atoms with Crippen molar-refractivity contribution in [1.82, 2.24) is 0 Å². The Bertz CT molecular complexity index is 1120. The molecule has 0 bridgehead atoms. The van der Waals surface area contributed by atoms with Gasteiger partial charge in [-0.1, -0.05) is 6.07 Å². The highest BCUT2D eigenvalue weighted by molar-refractivity contribution is 7.92. The maximum atomic E-state index is 12.6. The Morgan fingerprint density at radius 1 is 0.828 bits per heavy atom. The Balaban J connectivity index is 1.70. The highest BCUT2D eigenvalue weighted by Gasteiger charge is 2.15. The molecule has 0 aliphatic carbocycles. The number of aryl methyl sites for hydroxylation is 2. The van der Waals surface area contributed by atoms with E-state index in [4.69, 9.17) is 4.74 Å². The molecule has 2 N–H and O–H groups in total. The molecule has 0 heterocycles. The van der Waals surface area contributed by atoms with E-state index in [1.165, 1.54) is 0 Å². The van der Waals surface area contributed by atoms with E-state index in [2.05, 4.69) is 10.0 Å². The van der Waals surface area contributed by atoms with Gasteiger partial charge >= 0.3 is 0 Å². The standard InChI is InChI=1S/C22H22N2O4S/c1-15-4-13-21(14-16(15)2)29(26,27)24-19-7-5-17(6-8-19)22(25)23-18-9-11-20(28-3)12-10-18/h4-14,24H,1-3H3,(H,23,25). The van der Waals surface area contributed by atoms with Crippen LogP contribution in [0.15, 0.2) is 71.6 Å². The molecule has 0 unspecified atom stereocenters. The summed E-state index contributed by atoms with van der Waals surface area (Å²) in [5, 5.41) is 2.78. The van der Waals surface area contributed by atoms with Crippen LogP contribution < -0.4 is 14.8 Å². The molecule has 3 aromatic carbocycles. The van der Waals surface area contributed by atoms with Gasteiger partial charge in [0.25, 0.3) is 15.9 Å². The molecule has 7 heteroatoms. The minimum atomic E-state index is -3.70. The summed E-state index contributed by atoms with van der Waals surface area (Å²) in [4.78, 5) is 12.6. The van der Waals surface area contributed by atoms with Gasteiger partial charge in [-0.3, -0.25) is 9.52 Å². The van der Waals surface area contributed by atoms with Crippen LogP contribution in [0.25, 0.3) is 0 Å². The van der Waals surface area contributed by atoms with E-state index in [9.17, 15) is 13.2 Å². The normalized spacial score (nSPS) is 11.0. The van der Waals surface area contributed by atoms with Crippen LogP contribution in [0, 0.1) is 13.8 Å². The Morgan fingerprint density at radius 2 is 1.45 bits per heavy atom. The van der Waals surface area contributed by atoms with Crippen LogP contribution in [0.4, 0.5) is 11.4 Å². The van der Waals surface area contributed by atoms with Gasteiger partial charge < -0.3 is 10.1 Å². The fourth-order valence-corrected chi connectivity index (χ4v) is 3.81. The van der Waals surface area contributed by atoms with Crippen LogP contribution in [-0.4, -0.2) is 21.4 Å². The van der Waals surface area contributed by atoms with Crippen molar-refractivity contribution in [1.29, 1.82) is 0 Å². The lowest BCUT2D eigenvalue weighted by atomic mass is 10.1. The number of sulfonamides is 1. The Labute approximate surface area is 170 Å². The maximum absolute atomic E-state index is 12.6. The summed E-state index contributed by atoms with van der Waals surface area (Å²) in [5.74, 6) is 0.405. The van der Waals surface area contributed by atoms with E-state index < -0.39 is 10.0 Å². The van der Waals surface area contributed by atoms with E-state index in [0.29, 0.717) is 22.7 Å². The number of hydrogen-bond donors (Lipinski definition) is 2. The summed E-state index contributed by atoms with van der Waals surface area (Å²) >= 11 is 0. The SMILES string of the molecule is COc1ccc(NC(=O)c2ccc(NS(=O)(=O)c3ccc(C)c(C)c3)cc2)cc1. The van der Waals surface area contributed by atoms with Crippen LogP contribution >= 0.6 is 0 Å². The maximum Gasteiger partial charge on any atom is 0.261 e. The van der Waals surface area contributed by atoms with Gasteiger partial charge in [0.2, 0.25) is 0 Å². The second-order valence-corrected chi connectivity index (χ2v) is 8.29. The second-order valence-electron chi connectivity index (χ2n) is 6.61. The number of ether oxygens (including phenoxy) is 1. The Morgan fingerprint density at radius 3 is 2.03 bits per heavy atom. The van der Waals surface area contributed by atoms with Crippen molar-refractivity contribution in [2.24, 2.45) is 0 Å². The molecular formula is C22H22N2O4S. The largest absolute Gasteiger partial charge is 0.497 e. The molecular weight excluding hydrogens is 388 g/mol. The number of carbonyl (C=O) groups excluding carboxylic acids is 1. The third-order valence-electron chi connectivity index (χ3n) is 4.54. The van der Waals surface area contributed by atoms with Crippen molar-refractivity contribution in [3.05, 3.63) is 83.4 Å². The third-order valence-corrected chi connectivity index (χ3v) is 5.91. The van der Waals surface area contributed by atoms with Crippen LogP contribution in [0.5, 0.6) is 5.75 Å². The Kier molecular flexibility index (Phi) is 5.89. The molecule has 0 saturated carbocycles. The van der Waals surface area contributed by atoms with E-state index >= 15 is 0 Å². The molecule has 0 aliphatic heterocycles. The molecule has 0 radical (unpaired) electrons. The molecule has 0 aliphatic rings. The van der Waals surface area contributed by atoms with Crippen molar-refractivity contribution in [2.75, 3.05) is 17.1 Å². The van der Waals surface area contributed by atoms with Crippen molar-refractivity contribution in [3.63, 3.8) is 0 Å². The zero-order valence-corrected chi connectivity index (χ0v) is 17.2. The van der Waals surface area contributed by atoms with Gasteiger partial charge in [0.15, 0.2) is 0 Å². The number of benzene rings is 3. The fraction of sp³-hybridized carbons (Fsp3) is 0.136. The van der Waals surface area contributed by atoms with Gasteiger partial charge in [-0.25, -0.2) is 8.42 Å². The number of rotatable bonds is 6. The number of methoxy groups -OCH3 is 1. The smallest absolute Gasteiger partial charge is 0.261 e. The first-order chi connectivity index (χ1) is 13.8. The summed E-state index contributed by atoms with van der Waals surface area (Å²) < 4.78 is 32.8. The zero-order chi connectivity index (χ0) is 21.0. The molecule has 0 fully saturated rings. The van der Waals surface area contributed by atoms with Gasteiger partial charge in [-0.15, -0.1) is 0 Å². The van der Waals surface area contributed by atoms with E-state index in [1.54, 1.807) is 73.8 Å². The first-order valence-electron chi connectivity index (χ1n) is 8.94. The summed E-state index contributed by atoms with van der Waals surface area (Å²) in [6, 6.07) is 18.2. The topological polar surface area (TPSA) is 84.5 Å². The molecule has 3 aromatic rings. The van der Waals surface area contributed by atoms with Gasteiger partial charge in [0.1, 0.15) is 5.75 Å². The fourth-order valence-electron chi connectivity index (χ4n) is 2.66. The van der Waals surface area contributed by atoms with E-state index in [-0.39, 0.29) is 10.8 Å². The molecule has 0 atom stereocenters. The first kappa shape index (κ1) is 20.4. The van der Waals surface area contributed by atoms with Gasteiger partial charge in [0, 0.05) is 16.9 Å². The van der Waals surface area contributed by atoms with Crippen molar-refractivity contribution >= 4 is 27.3 Å². The van der Waals surface area contributed by atoms with Crippen molar-refractivity contribution in [2.45, 2.75) is 18.7 Å². The van der Waals surface area contributed by atoms with Crippen molar-refractivity contribution < 1.29 is 17.9 Å². The van der Waals surface area contributed by atoms with Gasteiger partial charge in [0.05, 0.1) is 12.0 Å². The Hall–Kier alpha value is -3.32. The number of carbonyl (C=O) groups is 1. The molecule has 1 amide bonds. The number of nitrogens with one attached hydrogen (secondary N) is 2. The second kappa shape index (κ2) is 8.36. The van der Waals surface area contributed by atoms with Gasteiger partial charge in [-0.2, -0.15) is 0 Å². The summed E-state index contributed by atoms with van der Waals surface area (Å²) in [6.45, 7) is 3.79. The molecule has 3 rings (SSSR count). The minimum Gasteiger partial charge on any atom is -0.497 e. The summed E-state index contributed by atoms with van der Waals surface area (Å²) in [5.41, 5.74) is 3.35. The first-order valence-corrected chi connectivity index (χ1v) is 10.4. The molecule has 0 saturated heterocycles. The summed E-state index contributed by atoms with van der Waals surface area (Å²) in [6.07, 6.45) is 0. The lowest BCUT2D eigenvalue weighted by molar-refractivity contribution is 0.102. The quantitative estimate of drug-likeness (QED) is 0.632. The lowest BCUT2D eigenvalue weighted by Crippen LogP contribution is -2.14. The van der Waals surface area contributed by atoms with Crippen molar-refractivity contribution in [3.8, 4) is 5.75 Å². The molecule has 29 heavy (non-hydrogen) atoms. The van der Waals surface area contributed by atoms with E-state index in [0.717, 1.165) is 11.1 Å². The minimum absolute atomic E-state index is 0.196. The lowest BCUT2D eigenvalue weighted by Gasteiger charge is -2.11. The van der Waals surface area contributed by atoms with Gasteiger partial charge in [-0.05, 0) is 85.6 Å². The van der Waals surface area contributed by atoms with Crippen LogP contribution in [0.1, 0.15) is 21.5 Å². The number of hydrogen-bond acceptors (Lipinski definition) is 4.